The summed E-state index contributed by atoms with van der Waals surface area (Å²) in [6.45, 7) is 9.29. The first kappa shape index (κ1) is 22.3. The molecule has 1 aliphatic rings. The van der Waals surface area contributed by atoms with Crippen LogP contribution in [0.15, 0.2) is 24.3 Å². The maximum absolute atomic E-state index is 6.50. The summed E-state index contributed by atoms with van der Waals surface area (Å²) in [5.74, 6) is 0.914. The van der Waals surface area contributed by atoms with Gasteiger partial charge in [-0.15, -0.1) is 0 Å². The topological polar surface area (TPSA) is 57.5 Å². The van der Waals surface area contributed by atoms with E-state index in [-0.39, 0.29) is 0 Å². The van der Waals surface area contributed by atoms with Crippen LogP contribution in [0.25, 0.3) is 16.8 Å². The molecule has 3 heterocycles. The molecular weight excluding hydrogens is 431 g/mol. The van der Waals surface area contributed by atoms with E-state index < -0.39 is 0 Å². The molecule has 0 saturated carbocycles. The standard InChI is InChI=1S/C23H30Cl2N6/c1-14-12-20(26-13-15(2)27-17-8-10-30(4)11-9-17)31-23(28-14)21(16(3)29-31)22-18(24)6-5-7-19(22)25/h5-7,12,15,17,26-27H,8-11,13H2,1-4H3. The molecule has 1 unspecified atom stereocenters. The lowest BCUT2D eigenvalue weighted by molar-refractivity contribution is 0.227. The van der Waals surface area contributed by atoms with Gasteiger partial charge in [-0.2, -0.15) is 9.61 Å². The van der Waals surface area contributed by atoms with Crippen LogP contribution in [0.5, 0.6) is 0 Å². The highest BCUT2D eigenvalue weighted by atomic mass is 35.5. The summed E-state index contributed by atoms with van der Waals surface area (Å²) >= 11 is 13.0. The molecule has 166 valence electrons. The van der Waals surface area contributed by atoms with Crippen LogP contribution in [0.4, 0.5) is 5.82 Å². The molecule has 6 nitrogen and oxygen atoms in total. The summed E-state index contributed by atoms with van der Waals surface area (Å²) in [6, 6.07) is 8.48. The van der Waals surface area contributed by atoms with Crippen molar-refractivity contribution in [3.05, 3.63) is 45.7 Å². The summed E-state index contributed by atoms with van der Waals surface area (Å²) in [5, 5.41) is 13.3. The lowest BCUT2D eigenvalue weighted by atomic mass is 10.0. The van der Waals surface area contributed by atoms with Gasteiger partial charge >= 0.3 is 0 Å². The van der Waals surface area contributed by atoms with Gasteiger partial charge in [-0.1, -0.05) is 29.3 Å². The van der Waals surface area contributed by atoms with Gasteiger partial charge in [0.2, 0.25) is 0 Å². The Morgan fingerprint density at radius 3 is 2.48 bits per heavy atom. The van der Waals surface area contributed by atoms with E-state index in [0.29, 0.717) is 22.1 Å². The maximum Gasteiger partial charge on any atom is 0.165 e. The average Bonchev–Trinajstić information content (AvgIpc) is 3.04. The number of rotatable bonds is 6. The second-order valence-electron chi connectivity index (χ2n) is 8.60. The SMILES string of the molecule is Cc1cc(NCC(C)NC2CCN(C)CC2)n2nc(C)c(-c3c(Cl)cccc3Cl)c2n1. The number of likely N-dealkylation sites (tertiary alicyclic amines) is 1. The number of piperidine rings is 1. The Balaban J connectivity index is 1.58. The minimum Gasteiger partial charge on any atom is -0.368 e. The number of fused-ring (bicyclic) bond motifs is 1. The zero-order valence-corrected chi connectivity index (χ0v) is 20.1. The number of aromatic nitrogens is 3. The third kappa shape index (κ3) is 4.82. The minimum atomic E-state index is 0.339. The first-order valence-corrected chi connectivity index (χ1v) is 11.6. The van der Waals surface area contributed by atoms with Crippen molar-refractivity contribution >= 4 is 34.7 Å². The van der Waals surface area contributed by atoms with Gasteiger partial charge in [0.1, 0.15) is 5.82 Å². The molecular formula is C23H30Cl2N6. The zero-order valence-electron chi connectivity index (χ0n) is 18.5. The number of aryl methyl sites for hydroxylation is 2. The predicted octanol–water partition coefficient (Wildman–Crippen LogP) is 4.80. The Hall–Kier alpha value is -1.86. The quantitative estimate of drug-likeness (QED) is 0.552. The first-order chi connectivity index (χ1) is 14.8. The lowest BCUT2D eigenvalue weighted by Crippen LogP contribution is -2.46. The van der Waals surface area contributed by atoms with Crippen LogP contribution in [-0.4, -0.2) is 58.3 Å². The fourth-order valence-electron chi connectivity index (χ4n) is 4.29. The van der Waals surface area contributed by atoms with E-state index in [4.69, 9.17) is 33.3 Å². The van der Waals surface area contributed by atoms with E-state index in [2.05, 4.69) is 29.5 Å². The highest BCUT2D eigenvalue weighted by Crippen LogP contribution is 2.38. The van der Waals surface area contributed by atoms with Crippen LogP contribution in [0.2, 0.25) is 10.0 Å². The molecule has 2 N–H and O–H groups in total. The molecule has 1 saturated heterocycles. The highest BCUT2D eigenvalue weighted by Gasteiger charge is 2.21. The molecule has 8 heteroatoms. The number of nitrogens with one attached hydrogen (secondary N) is 2. The van der Waals surface area contributed by atoms with E-state index in [1.807, 2.05) is 42.6 Å². The van der Waals surface area contributed by atoms with E-state index in [0.717, 1.165) is 53.6 Å². The lowest BCUT2D eigenvalue weighted by Gasteiger charge is -2.31. The van der Waals surface area contributed by atoms with Crippen LogP contribution in [0.3, 0.4) is 0 Å². The van der Waals surface area contributed by atoms with Crippen LogP contribution < -0.4 is 10.6 Å². The Kier molecular flexibility index (Phi) is 6.72. The normalized spacial score (nSPS) is 16.7. The fourth-order valence-corrected chi connectivity index (χ4v) is 4.88. The van der Waals surface area contributed by atoms with Gasteiger partial charge in [0.15, 0.2) is 5.65 Å². The van der Waals surface area contributed by atoms with Crippen LogP contribution in [0, 0.1) is 13.8 Å². The number of hydrogen-bond donors (Lipinski definition) is 2. The van der Waals surface area contributed by atoms with Crippen molar-refractivity contribution in [3.63, 3.8) is 0 Å². The van der Waals surface area contributed by atoms with Gasteiger partial charge in [0.05, 0.1) is 21.3 Å². The summed E-state index contributed by atoms with van der Waals surface area (Å²) < 4.78 is 1.86. The molecule has 1 aromatic carbocycles. The van der Waals surface area contributed by atoms with Crippen molar-refractivity contribution in [1.29, 1.82) is 0 Å². The summed E-state index contributed by atoms with van der Waals surface area (Å²) in [5.41, 5.74) is 4.16. The van der Waals surface area contributed by atoms with E-state index in [9.17, 15) is 0 Å². The molecule has 1 atom stereocenters. The number of nitrogens with zero attached hydrogens (tertiary/aromatic N) is 4. The number of anilines is 1. The second-order valence-corrected chi connectivity index (χ2v) is 9.42. The minimum absolute atomic E-state index is 0.339. The molecule has 0 bridgehead atoms. The van der Waals surface area contributed by atoms with Gasteiger partial charge in [0, 0.05) is 36.0 Å². The molecule has 0 spiro atoms. The second kappa shape index (κ2) is 9.33. The van der Waals surface area contributed by atoms with Gasteiger partial charge < -0.3 is 15.5 Å². The van der Waals surface area contributed by atoms with Crippen molar-refractivity contribution < 1.29 is 0 Å². The molecule has 0 amide bonds. The molecule has 0 aliphatic carbocycles. The zero-order chi connectivity index (χ0) is 22.1. The van der Waals surface area contributed by atoms with E-state index in [1.165, 1.54) is 12.8 Å². The Labute approximate surface area is 193 Å². The highest BCUT2D eigenvalue weighted by molar-refractivity contribution is 6.39. The van der Waals surface area contributed by atoms with E-state index in [1.54, 1.807) is 0 Å². The summed E-state index contributed by atoms with van der Waals surface area (Å²) in [6.07, 6.45) is 2.39. The van der Waals surface area contributed by atoms with Crippen LogP contribution >= 0.6 is 23.2 Å². The maximum atomic E-state index is 6.50. The molecule has 1 fully saturated rings. The van der Waals surface area contributed by atoms with Crippen LogP contribution in [-0.2, 0) is 0 Å². The van der Waals surface area contributed by atoms with Gasteiger partial charge in [0.25, 0.3) is 0 Å². The summed E-state index contributed by atoms with van der Waals surface area (Å²) in [7, 11) is 2.19. The van der Waals surface area contributed by atoms with Gasteiger partial charge in [-0.25, -0.2) is 4.98 Å². The summed E-state index contributed by atoms with van der Waals surface area (Å²) in [4.78, 5) is 7.16. The number of benzene rings is 1. The Morgan fingerprint density at radius 2 is 1.81 bits per heavy atom. The fraction of sp³-hybridized carbons (Fsp3) is 0.478. The molecule has 0 radical (unpaired) electrons. The van der Waals surface area contributed by atoms with Crippen molar-refractivity contribution in [1.82, 2.24) is 24.8 Å². The molecule has 4 rings (SSSR count). The molecule has 1 aliphatic heterocycles. The van der Waals surface area contributed by atoms with Crippen molar-refractivity contribution in [2.24, 2.45) is 0 Å². The molecule has 2 aromatic heterocycles. The molecule has 31 heavy (non-hydrogen) atoms. The van der Waals surface area contributed by atoms with Crippen molar-refractivity contribution in [2.75, 3.05) is 32.0 Å². The Bertz CT molecular complexity index is 1050. The molecule has 3 aromatic rings. The van der Waals surface area contributed by atoms with Gasteiger partial charge in [-0.3, -0.25) is 0 Å². The van der Waals surface area contributed by atoms with E-state index >= 15 is 0 Å². The predicted molar refractivity (Wildman–Crippen MR) is 130 cm³/mol. The van der Waals surface area contributed by atoms with Crippen LogP contribution in [0.1, 0.15) is 31.2 Å². The first-order valence-electron chi connectivity index (χ1n) is 10.8. The third-order valence-corrected chi connectivity index (χ3v) is 6.56. The largest absolute Gasteiger partial charge is 0.368 e. The third-order valence-electron chi connectivity index (χ3n) is 5.93. The average molecular weight is 461 g/mol. The van der Waals surface area contributed by atoms with Gasteiger partial charge in [-0.05, 0) is 65.9 Å². The Morgan fingerprint density at radius 1 is 1.13 bits per heavy atom. The number of hydrogen-bond acceptors (Lipinski definition) is 5. The monoisotopic (exact) mass is 460 g/mol. The van der Waals surface area contributed by atoms with Crippen molar-refractivity contribution in [3.8, 4) is 11.1 Å². The number of halogens is 2. The van der Waals surface area contributed by atoms with Crippen molar-refractivity contribution in [2.45, 2.75) is 45.7 Å². The smallest absolute Gasteiger partial charge is 0.165 e.